The zero-order chi connectivity index (χ0) is 50.6. The standard InChI is InChI=1S/C51H51N9O10S2/c1-67-38-18-12-33(13-19-38)27-58(28-34-14-20-39(68-2)21-15-34)72(65,66)48-45(71(63,64)41-26-37(31-61)59(30-41)51(62)70-32-36-8-5-4-6-9-36)25-24-42(43-10-7-11-44-47(43)54-50(52)53-44)46(48)49-55-57-60(56-49)29-35-16-22-40(69-3)23-17-35/h4-25,37,41,61H,26-32H2,1-3H3,(H3,52,53,54). The van der Waals surface area contributed by atoms with Gasteiger partial charge in [0.25, 0.3) is 0 Å². The van der Waals surface area contributed by atoms with E-state index in [9.17, 15) is 9.90 Å². The lowest BCUT2D eigenvalue weighted by Crippen LogP contribution is -2.38. The van der Waals surface area contributed by atoms with Gasteiger partial charge in [0.15, 0.2) is 15.8 Å². The summed E-state index contributed by atoms with van der Waals surface area (Å²) in [6, 6.07) is 36.8. The number of aliphatic hydroxyl groups excluding tert-OH is 1. The fourth-order valence-corrected chi connectivity index (χ4v) is 12.9. The summed E-state index contributed by atoms with van der Waals surface area (Å²) in [5.74, 6) is 1.59. The molecule has 21 heteroatoms. The number of rotatable bonds is 18. The highest BCUT2D eigenvalue weighted by atomic mass is 32.2. The number of amides is 1. The average molecular weight is 1010 g/mol. The highest BCUT2D eigenvalue weighted by Gasteiger charge is 2.46. The van der Waals surface area contributed by atoms with Crippen molar-refractivity contribution in [1.29, 1.82) is 0 Å². The number of aromatic nitrogens is 6. The number of sulfone groups is 1. The van der Waals surface area contributed by atoms with Gasteiger partial charge in [-0.25, -0.2) is 26.6 Å². The molecule has 1 fully saturated rings. The maximum Gasteiger partial charge on any atom is 0.410 e. The second kappa shape index (κ2) is 20.9. The SMILES string of the molecule is COc1ccc(CN(Cc2ccc(OC)cc2)S(=O)(=O)c2c(S(=O)(=O)C3CC(CO)N(C(=O)OCc4ccccc4)C3)ccc(-c3cccc4[nH]c(N)nc34)c2-c2nnn(Cc3ccc(OC)cc3)n2)cc1. The predicted molar refractivity (Wildman–Crippen MR) is 267 cm³/mol. The molecule has 0 aliphatic carbocycles. The summed E-state index contributed by atoms with van der Waals surface area (Å²) in [4.78, 5) is 22.5. The second-order valence-electron chi connectivity index (χ2n) is 17.0. The van der Waals surface area contributed by atoms with Crippen LogP contribution in [0.1, 0.15) is 28.7 Å². The van der Waals surface area contributed by atoms with Gasteiger partial charge in [-0.2, -0.15) is 9.10 Å². The van der Waals surface area contributed by atoms with Crippen LogP contribution >= 0.6 is 0 Å². The van der Waals surface area contributed by atoms with E-state index in [1.54, 1.807) is 110 Å². The lowest BCUT2D eigenvalue weighted by atomic mass is 9.98. The number of aromatic amines is 1. The number of benzene rings is 6. The summed E-state index contributed by atoms with van der Waals surface area (Å²) in [6.45, 7) is -1.47. The smallest absolute Gasteiger partial charge is 0.410 e. The maximum absolute atomic E-state index is 16.3. The summed E-state index contributed by atoms with van der Waals surface area (Å²) in [5.41, 5.74) is 10.1. The van der Waals surface area contributed by atoms with E-state index in [0.29, 0.717) is 50.5 Å². The van der Waals surface area contributed by atoms with Crippen molar-refractivity contribution < 1.29 is 45.7 Å². The van der Waals surface area contributed by atoms with Crippen molar-refractivity contribution >= 4 is 42.9 Å². The monoisotopic (exact) mass is 1010 g/mol. The number of nitrogen functional groups attached to an aromatic ring is 1. The number of anilines is 1. The Morgan fingerprint density at radius 1 is 0.750 bits per heavy atom. The number of imidazole rings is 1. The molecule has 6 aromatic carbocycles. The molecule has 0 saturated carbocycles. The van der Waals surface area contributed by atoms with Crippen LogP contribution in [-0.2, 0) is 50.8 Å². The summed E-state index contributed by atoms with van der Waals surface area (Å²) >= 11 is 0. The van der Waals surface area contributed by atoms with E-state index in [1.807, 2.05) is 18.2 Å². The third-order valence-electron chi connectivity index (χ3n) is 12.5. The van der Waals surface area contributed by atoms with Gasteiger partial charge < -0.3 is 39.7 Å². The molecule has 8 aromatic rings. The topological polar surface area (TPSA) is 247 Å². The van der Waals surface area contributed by atoms with Crippen LogP contribution in [0.15, 0.2) is 143 Å². The Bertz CT molecular complexity index is 3380. The van der Waals surface area contributed by atoms with Gasteiger partial charge >= 0.3 is 6.09 Å². The quantitative estimate of drug-likeness (QED) is 0.0833. The van der Waals surface area contributed by atoms with Gasteiger partial charge in [0.1, 0.15) is 28.8 Å². The van der Waals surface area contributed by atoms with E-state index in [4.69, 9.17) is 29.8 Å². The number of carbonyl (C=O) groups is 1. The van der Waals surface area contributed by atoms with Gasteiger partial charge in [0.05, 0.1) is 67.3 Å². The second-order valence-corrected chi connectivity index (χ2v) is 21.1. The van der Waals surface area contributed by atoms with Crippen molar-refractivity contribution in [2.45, 2.75) is 53.7 Å². The third-order valence-corrected chi connectivity index (χ3v) is 16.7. The summed E-state index contributed by atoms with van der Waals surface area (Å²) in [5, 5.41) is 22.8. The molecule has 372 valence electrons. The number of likely N-dealkylation sites (tertiary alicyclic amines) is 1. The zero-order valence-corrected chi connectivity index (χ0v) is 41.1. The first-order chi connectivity index (χ1) is 34.8. The molecule has 1 aliphatic rings. The molecule has 72 heavy (non-hydrogen) atoms. The van der Waals surface area contributed by atoms with Gasteiger partial charge in [-0.05, 0) is 88.0 Å². The first-order valence-corrected chi connectivity index (χ1v) is 25.7. The molecule has 0 radical (unpaired) electrons. The number of nitrogens with two attached hydrogens (primary N) is 1. The number of nitrogens with zero attached hydrogens (tertiary/aromatic N) is 7. The number of fused-ring (bicyclic) bond motifs is 1. The molecule has 1 saturated heterocycles. The average Bonchev–Trinajstić information content (AvgIpc) is 4.17. The first kappa shape index (κ1) is 49.1. The molecular weight excluding hydrogens is 963 g/mol. The largest absolute Gasteiger partial charge is 0.497 e. The number of ether oxygens (including phenoxy) is 4. The molecule has 2 atom stereocenters. The normalized spacial score (nSPS) is 15.0. The van der Waals surface area contributed by atoms with Crippen molar-refractivity contribution in [1.82, 2.24) is 39.4 Å². The number of methoxy groups -OCH3 is 3. The van der Waals surface area contributed by atoms with Crippen LogP contribution in [0.3, 0.4) is 0 Å². The highest BCUT2D eigenvalue weighted by Crippen LogP contribution is 2.45. The van der Waals surface area contributed by atoms with E-state index < -0.39 is 60.2 Å². The van der Waals surface area contributed by atoms with Crippen molar-refractivity contribution in [3.05, 3.63) is 156 Å². The maximum atomic E-state index is 16.3. The van der Waals surface area contributed by atoms with Crippen LogP contribution in [0.5, 0.6) is 17.2 Å². The van der Waals surface area contributed by atoms with Crippen molar-refractivity contribution in [3.63, 3.8) is 0 Å². The fraction of sp³-hybridized carbons (Fsp3) is 0.235. The minimum absolute atomic E-state index is 0.0892. The third kappa shape index (κ3) is 10.2. The molecular formula is C51H51N9O10S2. The number of hydrogen-bond donors (Lipinski definition) is 3. The number of tetrazole rings is 1. The van der Waals surface area contributed by atoms with Gasteiger partial charge in [0.2, 0.25) is 15.8 Å². The molecule has 0 spiro atoms. The van der Waals surface area contributed by atoms with Gasteiger partial charge in [0, 0.05) is 25.2 Å². The molecule has 0 bridgehead atoms. The number of carbonyl (C=O) groups excluding carboxylic acids is 1. The number of para-hydroxylation sites is 1. The van der Waals surface area contributed by atoms with E-state index in [2.05, 4.69) is 20.3 Å². The number of nitrogens with one attached hydrogen (secondary N) is 1. The Hall–Kier alpha value is -7.85. The van der Waals surface area contributed by atoms with Gasteiger partial charge in [-0.1, -0.05) is 84.9 Å². The molecule has 9 rings (SSSR count). The minimum Gasteiger partial charge on any atom is -0.497 e. The highest BCUT2D eigenvalue weighted by molar-refractivity contribution is 7.94. The van der Waals surface area contributed by atoms with Crippen LogP contribution in [0.2, 0.25) is 0 Å². The Kier molecular flexibility index (Phi) is 14.2. The van der Waals surface area contributed by atoms with Crippen LogP contribution in [0.4, 0.5) is 10.7 Å². The van der Waals surface area contributed by atoms with E-state index in [1.165, 1.54) is 40.4 Å². The molecule has 1 aliphatic heterocycles. The van der Waals surface area contributed by atoms with E-state index in [0.717, 1.165) is 5.56 Å². The molecule has 1 amide bonds. The first-order valence-electron chi connectivity index (χ1n) is 22.7. The van der Waals surface area contributed by atoms with E-state index >= 15 is 16.8 Å². The van der Waals surface area contributed by atoms with E-state index in [-0.39, 0.29) is 55.6 Å². The summed E-state index contributed by atoms with van der Waals surface area (Å²) in [7, 11) is -5.21. The lowest BCUT2D eigenvalue weighted by molar-refractivity contribution is 0.0796. The Morgan fingerprint density at radius 3 is 1.96 bits per heavy atom. The Balaban J connectivity index is 1.25. The van der Waals surface area contributed by atoms with Gasteiger partial charge in [-0.15, -0.1) is 10.2 Å². The zero-order valence-electron chi connectivity index (χ0n) is 39.5. The number of hydrogen-bond acceptors (Lipinski definition) is 15. The predicted octanol–water partition coefficient (Wildman–Crippen LogP) is 6.48. The number of H-pyrrole nitrogens is 1. The summed E-state index contributed by atoms with van der Waals surface area (Å²) < 4.78 is 86.9. The van der Waals surface area contributed by atoms with Crippen LogP contribution in [-0.4, -0.2) is 113 Å². The fourth-order valence-electron chi connectivity index (χ4n) is 8.76. The number of sulfonamides is 1. The van der Waals surface area contributed by atoms with Crippen molar-refractivity contribution in [2.75, 3.05) is 40.2 Å². The Morgan fingerprint density at radius 2 is 1.36 bits per heavy atom. The van der Waals surface area contributed by atoms with Crippen LogP contribution < -0.4 is 19.9 Å². The molecule has 2 aromatic heterocycles. The van der Waals surface area contributed by atoms with Gasteiger partial charge in [-0.3, -0.25) is 0 Å². The van der Waals surface area contributed by atoms with Crippen molar-refractivity contribution in [2.24, 2.45) is 0 Å². The van der Waals surface area contributed by atoms with Crippen LogP contribution in [0.25, 0.3) is 33.5 Å². The molecule has 19 nitrogen and oxygen atoms in total. The molecule has 2 unspecified atom stereocenters. The minimum atomic E-state index is -5.02. The molecule has 4 N–H and O–H groups in total. The van der Waals surface area contributed by atoms with Crippen molar-refractivity contribution in [3.8, 4) is 39.8 Å². The number of aliphatic hydroxyl groups is 1. The molecule has 3 heterocycles. The lowest BCUT2D eigenvalue weighted by Gasteiger charge is -2.27. The summed E-state index contributed by atoms with van der Waals surface area (Å²) in [6.07, 6.45) is -1.08. The Labute approximate surface area is 415 Å². The van der Waals surface area contributed by atoms with Crippen LogP contribution in [0, 0.1) is 0 Å².